The van der Waals surface area contributed by atoms with E-state index in [1.807, 2.05) is 43.0 Å². The molecule has 2 amide bonds. The first-order valence-electron chi connectivity index (χ1n) is 13.1. The van der Waals surface area contributed by atoms with E-state index in [4.69, 9.17) is 22.7 Å². The molecule has 3 fully saturated rings. The molecule has 2 saturated heterocycles. The molecule has 35 heavy (non-hydrogen) atoms. The molecule has 8 heteroatoms. The number of hydrogen-bond donors (Lipinski definition) is 2. The van der Waals surface area contributed by atoms with Crippen LogP contribution >= 0.6 is 11.6 Å². The van der Waals surface area contributed by atoms with E-state index >= 15 is 0 Å². The zero-order chi connectivity index (χ0) is 25.3. The van der Waals surface area contributed by atoms with E-state index < -0.39 is 0 Å². The van der Waals surface area contributed by atoms with Gasteiger partial charge in [-0.25, -0.2) is 0 Å². The van der Waals surface area contributed by atoms with Crippen molar-refractivity contribution < 1.29 is 9.59 Å². The molecule has 1 aromatic carbocycles. The number of nitrogens with two attached hydrogens (primary N) is 1. The smallest absolute Gasteiger partial charge is 0.228 e. The Bertz CT molecular complexity index is 928. The molecule has 0 spiro atoms. The van der Waals surface area contributed by atoms with Crippen LogP contribution in [0.15, 0.2) is 24.3 Å². The lowest BCUT2D eigenvalue weighted by molar-refractivity contribution is -0.142. The monoisotopic (exact) mass is 501 g/mol. The Balaban J connectivity index is 1.50. The van der Waals surface area contributed by atoms with E-state index in [1.165, 1.54) is 0 Å². The topological polar surface area (TPSA) is 93.7 Å². The molecule has 192 valence electrons. The molecular weight excluding hydrogens is 462 g/mol. The maximum absolute atomic E-state index is 13.8. The van der Waals surface area contributed by atoms with Gasteiger partial charge >= 0.3 is 0 Å². The molecule has 1 unspecified atom stereocenters. The average Bonchev–Trinajstić information content (AvgIpc) is 3.49. The van der Waals surface area contributed by atoms with Gasteiger partial charge in [0.1, 0.15) is 0 Å². The fourth-order valence-electron chi connectivity index (χ4n) is 6.18. The van der Waals surface area contributed by atoms with Crippen LogP contribution in [-0.2, 0) is 9.59 Å². The number of guanidine groups is 1. The van der Waals surface area contributed by atoms with Crippen molar-refractivity contribution in [1.29, 1.82) is 5.41 Å². The summed E-state index contributed by atoms with van der Waals surface area (Å²) in [6.45, 7) is 8.49. The summed E-state index contributed by atoms with van der Waals surface area (Å²) in [5.41, 5.74) is 6.85. The highest BCUT2D eigenvalue weighted by molar-refractivity contribution is 6.30. The van der Waals surface area contributed by atoms with Gasteiger partial charge in [0.05, 0.1) is 12.0 Å². The summed E-state index contributed by atoms with van der Waals surface area (Å²) in [6.07, 6.45) is 5.25. The molecule has 2 heterocycles. The number of likely N-dealkylation sites (tertiary alicyclic amines) is 2. The molecule has 1 saturated carbocycles. The van der Waals surface area contributed by atoms with E-state index in [0.29, 0.717) is 31.2 Å². The minimum absolute atomic E-state index is 0.00112. The van der Waals surface area contributed by atoms with Gasteiger partial charge in [0.2, 0.25) is 11.8 Å². The second kappa shape index (κ2) is 10.8. The number of nitrogens with one attached hydrogen (secondary N) is 1. The van der Waals surface area contributed by atoms with Crippen molar-refractivity contribution in [3.8, 4) is 0 Å². The summed E-state index contributed by atoms with van der Waals surface area (Å²) >= 11 is 6.09. The Morgan fingerprint density at radius 3 is 2.26 bits per heavy atom. The van der Waals surface area contributed by atoms with Crippen LogP contribution in [0.5, 0.6) is 0 Å². The first kappa shape index (κ1) is 25.8. The third kappa shape index (κ3) is 5.60. The minimum atomic E-state index is -0.274. The summed E-state index contributed by atoms with van der Waals surface area (Å²) in [6, 6.07) is 7.99. The van der Waals surface area contributed by atoms with Gasteiger partial charge in [0.15, 0.2) is 5.96 Å². The van der Waals surface area contributed by atoms with E-state index in [9.17, 15) is 9.59 Å². The van der Waals surface area contributed by atoms with Gasteiger partial charge in [0, 0.05) is 49.1 Å². The first-order chi connectivity index (χ1) is 16.7. The van der Waals surface area contributed by atoms with Crippen molar-refractivity contribution in [2.45, 2.75) is 70.9 Å². The van der Waals surface area contributed by atoms with E-state index in [-0.39, 0.29) is 47.6 Å². The number of hydrogen-bond acceptors (Lipinski definition) is 3. The number of halogens is 1. The number of rotatable bonds is 5. The van der Waals surface area contributed by atoms with E-state index in [2.05, 4.69) is 11.8 Å². The van der Waals surface area contributed by atoms with Crippen LogP contribution in [0.25, 0.3) is 0 Å². The van der Waals surface area contributed by atoms with Gasteiger partial charge in [0.25, 0.3) is 0 Å². The molecule has 2 aliphatic heterocycles. The van der Waals surface area contributed by atoms with Crippen molar-refractivity contribution in [2.24, 2.45) is 23.5 Å². The summed E-state index contributed by atoms with van der Waals surface area (Å²) in [5.74, 6) is 0.669. The standard InChI is InChI=1S/C27H40ClN5O2/c1-17(2)25(34)33(21-10-4-18(3)5-11-21)22-12-13-31(14-22)26(35)24-16-32(27(29)30)15-23(24)19-6-8-20(28)9-7-19/h6-9,17-18,21-24H,4-5,10-16H2,1-3H3,(H3,29,30)/t18?,21?,22?,23-,24-/m0/s1. The molecule has 1 aliphatic carbocycles. The molecule has 0 radical (unpaired) electrons. The van der Waals surface area contributed by atoms with Crippen LogP contribution in [0, 0.1) is 23.2 Å². The third-order valence-corrected chi connectivity index (χ3v) is 8.52. The van der Waals surface area contributed by atoms with Gasteiger partial charge in [-0.2, -0.15) is 0 Å². The molecule has 4 rings (SSSR count). The maximum Gasteiger partial charge on any atom is 0.228 e. The largest absolute Gasteiger partial charge is 0.370 e. The summed E-state index contributed by atoms with van der Waals surface area (Å²) in [7, 11) is 0. The summed E-state index contributed by atoms with van der Waals surface area (Å²) in [5, 5.41) is 8.59. The Labute approximate surface area is 214 Å². The van der Waals surface area contributed by atoms with Crippen LogP contribution in [0.1, 0.15) is 64.4 Å². The van der Waals surface area contributed by atoms with E-state index in [0.717, 1.165) is 43.6 Å². The van der Waals surface area contributed by atoms with Crippen LogP contribution in [0.3, 0.4) is 0 Å². The van der Waals surface area contributed by atoms with Crippen molar-refractivity contribution in [2.75, 3.05) is 26.2 Å². The molecule has 1 aromatic rings. The van der Waals surface area contributed by atoms with Gasteiger partial charge < -0.3 is 20.4 Å². The Kier molecular flexibility index (Phi) is 7.94. The quantitative estimate of drug-likeness (QED) is 0.472. The third-order valence-electron chi connectivity index (χ3n) is 8.27. The lowest BCUT2D eigenvalue weighted by Crippen LogP contribution is -2.51. The number of amides is 2. The fraction of sp³-hybridized carbons (Fsp3) is 0.667. The van der Waals surface area contributed by atoms with Crippen LogP contribution in [0.2, 0.25) is 5.02 Å². The lowest BCUT2D eigenvalue weighted by atomic mass is 9.85. The fourth-order valence-corrected chi connectivity index (χ4v) is 6.30. The van der Waals surface area contributed by atoms with Gasteiger partial charge in [-0.1, -0.05) is 44.5 Å². The van der Waals surface area contributed by atoms with Crippen LogP contribution in [-0.4, -0.2) is 70.7 Å². The van der Waals surface area contributed by atoms with Crippen molar-refractivity contribution in [3.63, 3.8) is 0 Å². The van der Waals surface area contributed by atoms with Crippen molar-refractivity contribution in [1.82, 2.24) is 14.7 Å². The second-order valence-electron chi connectivity index (χ2n) is 11.1. The SMILES string of the molecule is CC1CCC(N(C(=O)C(C)C)C2CCN(C(=O)[C@H]3CN(C(=N)N)C[C@H]3c3ccc(Cl)cc3)C2)CC1. The molecule has 0 bridgehead atoms. The number of carbonyl (C=O) groups excluding carboxylic acids is 2. The predicted octanol–water partition coefficient (Wildman–Crippen LogP) is 3.91. The normalized spacial score (nSPS) is 29.0. The summed E-state index contributed by atoms with van der Waals surface area (Å²) < 4.78 is 0. The van der Waals surface area contributed by atoms with Gasteiger partial charge in [-0.3, -0.25) is 15.0 Å². The van der Waals surface area contributed by atoms with Crippen molar-refractivity contribution in [3.05, 3.63) is 34.9 Å². The highest BCUT2D eigenvalue weighted by atomic mass is 35.5. The zero-order valence-corrected chi connectivity index (χ0v) is 22.0. The summed E-state index contributed by atoms with van der Waals surface area (Å²) in [4.78, 5) is 33.0. The number of benzene rings is 1. The average molecular weight is 502 g/mol. The highest BCUT2D eigenvalue weighted by Gasteiger charge is 2.44. The molecule has 0 aromatic heterocycles. The van der Waals surface area contributed by atoms with Crippen LogP contribution in [0.4, 0.5) is 0 Å². The maximum atomic E-state index is 13.8. The number of carbonyl (C=O) groups is 2. The van der Waals surface area contributed by atoms with Gasteiger partial charge in [-0.05, 0) is 55.7 Å². The Hall–Kier alpha value is -2.28. The molecule has 3 N–H and O–H groups in total. The Morgan fingerprint density at radius 2 is 1.66 bits per heavy atom. The Morgan fingerprint density at radius 1 is 1.00 bits per heavy atom. The first-order valence-corrected chi connectivity index (χ1v) is 13.5. The second-order valence-corrected chi connectivity index (χ2v) is 11.5. The van der Waals surface area contributed by atoms with E-state index in [1.54, 1.807) is 4.90 Å². The molecule has 3 aliphatic rings. The zero-order valence-electron chi connectivity index (χ0n) is 21.3. The highest BCUT2D eigenvalue weighted by Crippen LogP contribution is 2.36. The number of nitrogens with zero attached hydrogens (tertiary/aromatic N) is 3. The minimum Gasteiger partial charge on any atom is -0.370 e. The van der Waals surface area contributed by atoms with Crippen molar-refractivity contribution >= 4 is 29.4 Å². The predicted molar refractivity (Wildman–Crippen MR) is 139 cm³/mol. The van der Waals surface area contributed by atoms with Crippen LogP contribution < -0.4 is 5.73 Å². The van der Waals surface area contributed by atoms with Gasteiger partial charge in [-0.15, -0.1) is 0 Å². The molecule has 3 atom stereocenters. The molecule has 7 nitrogen and oxygen atoms in total. The molecular formula is C27H40ClN5O2. The lowest BCUT2D eigenvalue weighted by Gasteiger charge is -2.41.